The van der Waals surface area contributed by atoms with Gasteiger partial charge in [0.1, 0.15) is 17.6 Å². The number of hydrogen-bond donors (Lipinski definition) is 3. The Morgan fingerprint density at radius 3 is 2.79 bits per heavy atom. The van der Waals surface area contributed by atoms with Gasteiger partial charge in [-0.05, 0) is 31.2 Å². The highest BCUT2D eigenvalue weighted by atomic mass is 16.3. The van der Waals surface area contributed by atoms with Crippen LogP contribution in [0.1, 0.15) is 55.1 Å². The minimum absolute atomic E-state index is 0.259. The van der Waals surface area contributed by atoms with Crippen molar-refractivity contribution in [2.24, 2.45) is 5.92 Å². The van der Waals surface area contributed by atoms with E-state index in [1.54, 1.807) is 18.3 Å². The molecule has 1 fully saturated rings. The summed E-state index contributed by atoms with van der Waals surface area (Å²) < 4.78 is 5.44. The second-order valence-electron chi connectivity index (χ2n) is 6.59. The molecule has 0 saturated heterocycles. The fourth-order valence-corrected chi connectivity index (χ4v) is 2.65. The first kappa shape index (κ1) is 16.3. The van der Waals surface area contributed by atoms with Crippen LogP contribution in [-0.4, -0.2) is 28.1 Å². The van der Waals surface area contributed by atoms with E-state index in [9.17, 15) is 9.59 Å². The maximum Gasteiger partial charge on any atom is 0.255 e. The molecule has 0 bridgehead atoms. The quantitative estimate of drug-likeness (QED) is 0.726. The second kappa shape index (κ2) is 6.90. The molecule has 24 heavy (non-hydrogen) atoms. The van der Waals surface area contributed by atoms with Gasteiger partial charge >= 0.3 is 0 Å². The molecule has 2 amide bonds. The first-order chi connectivity index (χ1) is 11.5. The highest BCUT2D eigenvalue weighted by Gasteiger charge is 2.32. The van der Waals surface area contributed by atoms with E-state index >= 15 is 0 Å². The zero-order valence-electron chi connectivity index (χ0n) is 13.8. The number of amides is 2. The fraction of sp³-hybridized carbons (Fsp3) is 0.471. The summed E-state index contributed by atoms with van der Waals surface area (Å²) in [6, 6.07) is 2.71. The number of nitrogens with zero attached hydrogens (tertiary/aromatic N) is 1. The number of H-pyrrole nitrogens is 1. The Labute approximate surface area is 140 Å². The number of carbonyl (C=O) groups is 2. The first-order valence-corrected chi connectivity index (χ1v) is 8.23. The summed E-state index contributed by atoms with van der Waals surface area (Å²) in [6.07, 6.45) is 5.72. The Morgan fingerprint density at radius 1 is 1.38 bits per heavy atom. The third kappa shape index (κ3) is 3.84. The summed E-state index contributed by atoms with van der Waals surface area (Å²) in [4.78, 5) is 25.1. The van der Waals surface area contributed by atoms with Crippen molar-refractivity contribution < 1.29 is 14.0 Å². The van der Waals surface area contributed by atoms with Gasteiger partial charge in [-0.15, -0.1) is 0 Å². The number of nitrogens with one attached hydrogen (secondary N) is 3. The summed E-state index contributed by atoms with van der Waals surface area (Å²) in [5.41, 5.74) is 0.528. The molecule has 2 heterocycles. The van der Waals surface area contributed by atoms with Crippen LogP contribution in [0, 0.1) is 5.92 Å². The normalized spacial score (nSPS) is 15.3. The molecule has 1 aliphatic rings. The van der Waals surface area contributed by atoms with Crippen LogP contribution in [0.2, 0.25) is 0 Å². The average Bonchev–Trinajstić information content (AvgIpc) is 3.04. The van der Waals surface area contributed by atoms with Crippen LogP contribution >= 0.6 is 0 Å². The Morgan fingerprint density at radius 2 is 2.17 bits per heavy atom. The van der Waals surface area contributed by atoms with Gasteiger partial charge in [0.05, 0.1) is 18.0 Å². The van der Waals surface area contributed by atoms with Crippen molar-refractivity contribution in [1.29, 1.82) is 0 Å². The van der Waals surface area contributed by atoms with E-state index < -0.39 is 6.04 Å². The van der Waals surface area contributed by atoms with Gasteiger partial charge < -0.3 is 15.1 Å². The van der Waals surface area contributed by atoms with Gasteiger partial charge in [-0.25, -0.2) is 0 Å². The molecule has 1 aliphatic carbocycles. The molecule has 0 radical (unpaired) electrons. The number of carbonyl (C=O) groups excluding carboxylic acids is 2. The highest BCUT2D eigenvalue weighted by Crippen LogP contribution is 2.42. The molecule has 3 rings (SSSR count). The topological polar surface area (TPSA) is 100 Å². The standard InChI is InChI=1S/C17H22N4O3/c1-10(2)9-13(17(23)20-14-5-7-18-21-14)19-16(22)12-6-8-24-15(12)11-3-4-11/h5-8,10-11,13H,3-4,9H2,1-2H3,(H,19,22)(H2,18,20,21,23)/t13-/m0/s1. The Bertz CT molecular complexity index is 701. The van der Waals surface area contributed by atoms with Gasteiger partial charge in [0.25, 0.3) is 5.91 Å². The zero-order chi connectivity index (χ0) is 17.1. The lowest BCUT2D eigenvalue weighted by molar-refractivity contribution is -0.118. The van der Waals surface area contributed by atoms with E-state index in [-0.39, 0.29) is 17.7 Å². The van der Waals surface area contributed by atoms with Crippen molar-refractivity contribution in [3.63, 3.8) is 0 Å². The molecule has 2 aromatic heterocycles. The van der Waals surface area contributed by atoms with Crippen LogP contribution in [0.15, 0.2) is 29.0 Å². The van der Waals surface area contributed by atoms with Gasteiger partial charge in [-0.2, -0.15) is 5.10 Å². The number of anilines is 1. The zero-order valence-corrected chi connectivity index (χ0v) is 13.8. The molecule has 128 valence electrons. The summed E-state index contributed by atoms with van der Waals surface area (Å²) >= 11 is 0. The maximum atomic E-state index is 12.6. The molecule has 1 saturated carbocycles. The van der Waals surface area contributed by atoms with Crippen molar-refractivity contribution in [3.05, 3.63) is 35.9 Å². The Hall–Kier alpha value is -2.57. The van der Waals surface area contributed by atoms with Crippen LogP contribution in [0.4, 0.5) is 5.82 Å². The SMILES string of the molecule is CC(C)C[C@H](NC(=O)c1ccoc1C1CC1)C(=O)Nc1ccn[nH]1. The maximum absolute atomic E-state index is 12.6. The van der Waals surface area contributed by atoms with Gasteiger partial charge in [0.15, 0.2) is 0 Å². The van der Waals surface area contributed by atoms with Crippen molar-refractivity contribution in [2.45, 2.75) is 45.1 Å². The second-order valence-corrected chi connectivity index (χ2v) is 6.59. The summed E-state index contributed by atoms with van der Waals surface area (Å²) in [5, 5.41) is 12.0. The first-order valence-electron chi connectivity index (χ1n) is 8.23. The van der Waals surface area contributed by atoms with Crippen LogP contribution in [0.3, 0.4) is 0 Å². The van der Waals surface area contributed by atoms with Gasteiger partial charge in [-0.1, -0.05) is 13.8 Å². The van der Waals surface area contributed by atoms with Crippen LogP contribution in [0.5, 0.6) is 0 Å². The monoisotopic (exact) mass is 330 g/mol. The van der Waals surface area contributed by atoms with Crippen molar-refractivity contribution in [3.8, 4) is 0 Å². The van der Waals surface area contributed by atoms with E-state index in [1.807, 2.05) is 13.8 Å². The number of rotatable bonds is 7. The number of furan rings is 1. The van der Waals surface area contributed by atoms with Crippen LogP contribution in [0.25, 0.3) is 0 Å². The summed E-state index contributed by atoms with van der Waals surface area (Å²) in [6.45, 7) is 4.02. The van der Waals surface area contributed by atoms with Crippen molar-refractivity contribution in [2.75, 3.05) is 5.32 Å². The number of aromatic amines is 1. The van der Waals surface area contributed by atoms with Gasteiger partial charge in [-0.3, -0.25) is 14.7 Å². The molecule has 2 aromatic rings. The van der Waals surface area contributed by atoms with Crippen LogP contribution in [-0.2, 0) is 4.79 Å². The molecule has 0 aromatic carbocycles. The van der Waals surface area contributed by atoms with E-state index in [1.165, 1.54) is 6.26 Å². The highest BCUT2D eigenvalue weighted by molar-refractivity contribution is 6.01. The lowest BCUT2D eigenvalue weighted by Crippen LogP contribution is -2.44. The van der Waals surface area contributed by atoms with Crippen molar-refractivity contribution >= 4 is 17.6 Å². The molecule has 0 spiro atoms. The Kier molecular flexibility index (Phi) is 4.69. The van der Waals surface area contributed by atoms with E-state index in [2.05, 4.69) is 20.8 Å². The summed E-state index contributed by atoms with van der Waals surface area (Å²) in [5.74, 6) is 1.29. The smallest absolute Gasteiger partial charge is 0.255 e. The lowest BCUT2D eigenvalue weighted by atomic mass is 10.0. The molecule has 7 heteroatoms. The molecular formula is C17H22N4O3. The van der Waals surface area contributed by atoms with E-state index in [0.717, 1.165) is 18.6 Å². The van der Waals surface area contributed by atoms with E-state index in [4.69, 9.17) is 4.42 Å². The summed E-state index contributed by atoms with van der Waals surface area (Å²) in [7, 11) is 0. The number of hydrogen-bond acceptors (Lipinski definition) is 4. The molecule has 3 N–H and O–H groups in total. The molecular weight excluding hydrogens is 308 g/mol. The van der Waals surface area contributed by atoms with Gasteiger partial charge in [0, 0.05) is 12.0 Å². The molecule has 1 atom stereocenters. The average molecular weight is 330 g/mol. The van der Waals surface area contributed by atoms with Crippen LogP contribution < -0.4 is 10.6 Å². The largest absolute Gasteiger partial charge is 0.468 e. The molecule has 7 nitrogen and oxygen atoms in total. The minimum Gasteiger partial charge on any atom is -0.468 e. The molecule has 0 unspecified atom stereocenters. The fourth-order valence-electron chi connectivity index (χ4n) is 2.65. The third-order valence-electron chi connectivity index (χ3n) is 3.98. The van der Waals surface area contributed by atoms with Gasteiger partial charge in [0.2, 0.25) is 5.91 Å². The van der Waals surface area contributed by atoms with Crippen molar-refractivity contribution in [1.82, 2.24) is 15.5 Å². The minimum atomic E-state index is -0.622. The molecule has 0 aliphatic heterocycles. The van der Waals surface area contributed by atoms with E-state index in [0.29, 0.717) is 23.7 Å². The lowest BCUT2D eigenvalue weighted by Gasteiger charge is -2.19. The predicted molar refractivity (Wildman–Crippen MR) is 88.6 cm³/mol. The third-order valence-corrected chi connectivity index (χ3v) is 3.98. The predicted octanol–water partition coefficient (Wildman–Crippen LogP) is 2.66. The number of aromatic nitrogens is 2. The Balaban J connectivity index is 1.69.